The highest BCUT2D eigenvalue weighted by Gasteiger charge is 2.31. The fraction of sp³-hybridized carbons (Fsp3) is 0.615. The Morgan fingerprint density at radius 1 is 1.67 bits per heavy atom. The molecule has 1 amide bonds. The van der Waals surface area contributed by atoms with Gasteiger partial charge >= 0.3 is 0 Å². The molecule has 1 atom stereocenters. The molecule has 3 nitrogen and oxygen atoms in total. The zero-order valence-electron chi connectivity index (χ0n) is 10.8. The smallest absolute Gasteiger partial charge is 0.252 e. The molecule has 0 saturated carbocycles. The Hall–Kier alpha value is -0.140. The monoisotopic (exact) mass is 378 g/mol. The molecule has 1 unspecified atom stereocenters. The minimum atomic E-state index is 0.0392. The van der Waals surface area contributed by atoms with E-state index in [9.17, 15) is 4.79 Å². The van der Waals surface area contributed by atoms with Gasteiger partial charge in [-0.2, -0.15) is 0 Å². The molecule has 1 fully saturated rings. The number of amides is 1. The van der Waals surface area contributed by atoms with Crippen LogP contribution in [-0.4, -0.2) is 25.0 Å². The van der Waals surface area contributed by atoms with Crippen molar-refractivity contribution in [2.45, 2.75) is 32.7 Å². The summed E-state index contributed by atoms with van der Waals surface area (Å²) < 4.78 is 1.15. The van der Waals surface area contributed by atoms with Crippen LogP contribution in [0.25, 0.3) is 0 Å². The summed E-state index contributed by atoms with van der Waals surface area (Å²) in [7, 11) is 0. The lowest BCUT2D eigenvalue weighted by Gasteiger charge is -2.39. The second-order valence-corrected chi connectivity index (χ2v) is 8.25. The van der Waals surface area contributed by atoms with Gasteiger partial charge in [-0.3, -0.25) is 4.79 Å². The van der Waals surface area contributed by atoms with Gasteiger partial charge in [-0.1, -0.05) is 13.8 Å². The van der Waals surface area contributed by atoms with Gasteiger partial charge in [0.1, 0.15) is 0 Å². The van der Waals surface area contributed by atoms with Gasteiger partial charge in [-0.25, -0.2) is 0 Å². The molecule has 2 heterocycles. The van der Waals surface area contributed by atoms with Crippen LogP contribution >= 0.6 is 33.9 Å². The Morgan fingerprint density at radius 3 is 3.06 bits per heavy atom. The van der Waals surface area contributed by atoms with Gasteiger partial charge in [0, 0.05) is 18.0 Å². The van der Waals surface area contributed by atoms with Crippen LogP contribution in [0, 0.1) is 8.30 Å². The van der Waals surface area contributed by atoms with Crippen LogP contribution in [-0.2, 0) is 0 Å². The van der Waals surface area contributed by atoms with Crippen molar-refractivity contribution in [3.63, 3.8) is 0 Å². The minimum absolute atomic E-state index is 0.0392. The number of thiophene rings is 1. The number of hydrogen-bond acceptors (Lipinski definition) is 3. The standard InChI is InChI=1S/C13H19IN2OS/c1-13(2)4-3-5-15-10(13)7-16-12(17)9-6-11(14)18-8-9/h6,8,10,15H,3-5,7H2,1-2H3,(H,16,17). The number of piperidine rings is 1. The van der Waals surface area contributed by atoms with Crippen LogP contribution in [0.3, 0.4) is 0 Å². The highest BCUT2D eigenvalue weighted by Crippen LogP contribution is 2.29. The van der Waals surface area contributed by atoms with E-state index in [-0.39, 0.29) is 11.3 Å². The molecule has 1 aliphatic heterocycles. The maximum Gasteiger partial charge on any atom is 0.252 e. The minimum Gasteiger partial charge on any atom is -0.350 e. The Balaban J connectivity index is 1.89. The number of halogens is 1. The van der Waals surface area contributed by atoms with E-state index in [2.05, 4.69) is 47.1 Å². The van der Waals surface area contributed by atoms with E-state index in [1.54, 1.807) is 11.3 Å². The summed E-state index contributed by atoms with van der Waals surface area (Å²) in [5.74, 6) is 0.0392. The molecule has 5 heteroatoms. The maximum atomic E-state index is 12.0. The highest BCUT2D eigenvalue weighted by molar-refractivity contribution is 14.1. The molecule has 1 aromatic rings. The predicted molar refractivity (Wildman–Crippen MR) is 84.2 cm³/mol. The summed E-state index contributed by atoms with van der Waals surface area (Å²) >= 11 is 3.84. The third-order valence-corrected chi connectivity index (χ3v) is 5.42. The molecule has 2 rings (SSSR count). The number of nitrogens with one attached hydrogen (secondary N) is 2. The summed E-state index contributed by atoms with van der Waals surface area (Å²) in [5.41, 5.74) is 1.03. The molecule has 0 aromatic carbocycles. The van der Waals surface area contributed by atoms with E-state index in [0.29, 0.717) is 12.6 Å². The summed E-state index contributed by atoms with van der Waals surface area (Å²) in [4.78, 5) is 12.0. The van der Waals surface area contributed by atoms with Crippen LogP contribution in [0.15, 0.2) is 11.4 Å². The number of carbonyl (C=O) groups excluding carboxylic acids is 1. The number of rotatable bonds is 3. The van der Waals surface area contributed by atoms with Crippen molar-refractivity contribution in [3.05, 3.63) is 19.9 Å². The average molecular weight is 378 g/mol. The van der Waals surface area contributed by atoms with Crippen molar-refractivity contribution in [1.82, 2.24) is 10.6 Å². The van der Waals surface area contributed by atoms with E-state index in [0.717, 1.165) is 15.0 Å². The van der Waals surface area contributed by atoms with Gasteiger partial charge in [0.2, 0.25) is 0 Å². The maximum absolute atomic E-state index is 12.0. The average Bonchev–Trinajstić information content (AvgIpc) is 2.73. The van der Waals surface area contributed by atoms with Gasteiger partial charge in [0.25, 0.3) is 5.91 Å². The molecule has 1 saturated heterocycles. The van der Waals surface area contributed by atoms with Crippen LogP contribution in [0.1, 0.15) is 37.0 Å². The van der Waals surface area contributed by atoms with Crippen molar-refractivity contribution in [2.24, 2.45) is 5.41 Å². The van der Waals surface area contributed by atoms with Gasteiger partial charge in [0.15, 0.2) is 0 Å². The van der Waals surface area contributed by atoms with Gasteiger partial charge < -0.3 is 10.6 Å². The number of hydrogen-bond donors (Lipinski definition) is 2. The van der Waals surface area contributed by atoms with Crippen molar-refractivity contribution in [2.75, 3.05) is 13.1 Å². The molecule has 1 aromatic heterocycles. The summed E-state index contributed by atoms with van der Waals surface area (Å²) in [6.07, 6.45) is 2.44. The third kappa shape index (κ3) is 3.45. The Bertz CT molecular complexity index is 430. The highest BCUT2D eigenvalue weighted by atomic mass is 127. The molecular formula is C13H19IN2OS. The first kappa shape index (κ1) is 14.3. The third-order valence-electron chi connectivity index (χ3n) is 3.63. The molecule has 18 heavy (non-hydrogen) atoms. The fourth-order valence-corrected chi connectivity index (χ4v) is 3.67. The molecule has 2 N–H and O–H groups in total. The zero-order valence-corrected chi connectivity index (χ0v) is 13.7. The van der Waals surface area contributed by atoms with Crippen LogP contribution < -0.4 is 10.6 Å². The molecular weight excluding hydrogens is 359 g/mol. The van der Waals surface area contributed by atoms with Crippen molar-refractivity contribution >= 4 is 39.8 Å². The number of carbonyl (C=O) groups is 1. The quantitative estimate of drug-likeness (QED) is 0.795. The van der Waals surface area contributed by atoms with Gasteiger partial charge in [0.05, 0.1) is 8.45 Å². The zero-order chi connectivity index (χ0) is 13.2. The van der Waals surface area contributed by atoms with E-state index < -0.39 is 0 Å². The van der Waals surface area contributed by atoms with Crippen LogP contribution in [0.5, 0.6) is 0 Å². The Morgan fingerprint density at radius 2 is 2.44 bits per heavy atom. The Kier molecular flexibility index (Phi) is 4.66. The summed E-state index contributed by atoms with van der Waals surface area (Å²) in [6.45, 7) is 6.30. The van der Waals surface area contributed by atoms with Crippen LogP contribution in [0.2, 0.25) is 0 Å². The summed E-state index contributed by atoms with van der Waals surface area (Å²) in [6, 6.07) is 2.30. The molecule has 0 spiro atoms. The first-order chi connectivity index (χ1) is 8.49. The topological polar surface area (TPSA) is 41.1 Å². The van der Waals surface area contributed by atoms with Crippen molar-refractivity contribution < 1.29 is 4.79 Å². The molecule has 1 aliphatic rings. The first-order valence-electron chi connectivity index (χ1n) is 6.25. The molecule has 0 aliphatic carbocycles. The summed E-state index contributed by atoms with van der Waals surface area (Å²) in [5, 5.41) is 8.46. The molecule has 0 bridgehead atoms. The van der Waals surface area contributed by atoms with Crippen molar-refractivity contribution in [3.8, 4) is 0 Å². The lowest BCUT2D eigenvalue weighted by Crippen LogP contribution is -2.52. The SMILES string of the molecule is CC1(C)CCCNC1CNC(=O)c1csc(I)c1. The van der Waals surface area contributed by atoms with E-state index in [1.807, 2.05) is 11.4 Å². The predicted octanol–water partition coefficient (Wildman–Crippen LogP) is 2.86. The fourth-order valence-electron chi connectivity index (χ4n) is 2.35. The lowest BCUT2D eigenvalue weighted by atomic mass is 9.77. The molecule has 100 valence electrons. The van der Waals surface area contributed by atoms with E-state index in [1.165, 1.54) is 12.8 Å². The Labute approximate surface area is 126 Å². The van der Waals surface area contributed by atoms with Gasteiger partial charge in [-0.15, -0.1) is 11.3 Å². The van der Waals surface area contributed by atoms with E-state index in [4.69, 9.17) is 0 Å². The first-order valence-corrected chi connectivity index (χ1v) is 8.20. The normalized spacial score (nSPS) is 22.7. The van der Waals surface area contributed by atoms with Crippen molar-refractivity contribution in [1.29, 1.82) is 0 Å². The molecule has 0 radical (unpaired) electrons. The lowest BCUT2D eigenvalue weighted by molar-refractivity contribution is 0.0929. The largest absolute Gasteiger partial charge is 0.350 e. The van der Waals surface area contributed by atoms with Gasteiger partial charge in [-0.05, 0) is 53.5 Å². The second kappa shape index (κ2) is 5.88. The van der Waals surface area contributed by atoms with Crippen LogP contribution in [0.4, 0.5) is 0 Å². The second-order valence-electron chi connectivity index (χ2n) is 5.45. The van der Waals surface area contributed by atoms with E-state index >= 15 is 0 Å².